The van der Waals surface area contributed by atoms with E-state index in [1.807, 2.05) is 32.2 Å². The Kier molecular flexibility index (Phi) is 4.18. The van der Waals surface area contributed by atoms with Crippen LogP contribution in [0.1, 0.15) is 11.3 Å². The molecule has 7 heteroatoms. The Morgan fingerprint density at radius 2 is 2.22 bits per heavy atom. The second-order valence-electron chi connectivity index (χ2n) is 5.30. The molecule has 0 aliphatic heterocycles. The van der Waals surface area contributed by atoms with Crippen molar-refractivity contribution in [2.24, 2.45) is 7.05 Å². The highest BCUT2D eigenvalue weighted by atomic mass is 16.2. The third-order valence-electron chi connectivity index (χ3n) is 3.54. The van der Waals surface area contributed by atoms with Crippen molar-refractivity contribution in [1.82, 2.24) is 25.1 Å². The summed E-state index contributed by atoms with van der Waals surface area (Å²) in [6, 6.07) is 5.49. The molecule has 0 atom stereocenters. The van der Waals surface area contributed by atoms with Crippen LogP contribution in [0.3, 0.4) is 0 Å². The molecule has 0 saturated heterocycles. The van der Waals surface area contributed by atoms with Crippen molar-refractivity contribution in [3.63, 3.8) is 0 Å². The van der Waals surface area contributed by atoms with E-state index >= 15 is 0 Å². The van der Waals surface area contributed by atoms with Crippen LogP contribution in [0.5, 0.6) is 0 Å². The lowest BCUT2D eigenvalue weighted by Gasteiger charge is -2.07. The van der Waals surface area contributed by atoms with E-state index in [1.165, 1.54) is 0 Å². The van der Waals surface area contributed by atoms with Gasteiger partial charge in [0, 0.05) is 31.4 Å². The molecule has 0 aliphatic rings. The van der Waals surface area contributed by atoms with Crippen LogP contribution in [0.4, 0.5) is 10.5 Å². The van der Waals surface area contributed by atoms with E-state index in [9.17, 15) is 4.79 Å². The molecular formula is C16H18N6O. The van der Waals surface area contributed by atoms with Crippen molar-refractivity contribution in [3.05, 3.63) is 48.0 Å². The number of pyridine rings is 2. The molecule has 0 fully saturated rings. The van der Waals surface area contributed by atoms with Gasteiger partial charge in [-0.3, -0.25) is 9.67 Å². The van der Waals surface area contributed by atoms with Gasteiger partial charge in [-0.25, -0.2) is 9.78 Å². The van der Waals surface area contributed by atoms with E-state index in [-0.39, 0.29) is 6.03 Å². The monoisotopic (exact) mass is 310 g/mol. The first kappa shape index (κ1) is 15.0. The summed E-state index contributed by atoms with van der Waals surface area (Å²) in [5.74, 6) is 0. The summed E-state index contributed by atoms with van der Waals surface area (Å²) in [6.45, 7) is 2.46. The van der Waals surface area contributed by atoms with Crippen LogP contribution in [-0.2, 0) is 13.5 Å². The van der Waals surface area contributed by atoms with Crippen molar-refractivity contribution >= 4 is 22.8 Å². The number of nitrogens with one attached hydrogen (secondary N) is 2. The maximum absolute atomic E-state index is 11.9. The Morgan fingerprint density at radius 3 is 3.00 bits per heavy atom. The average Bonchev–Trinajstić information content (AvgIpc) is 2.83. The van der Waals surface area contributed by atoms with E-state index in [1.54, 1.807) is 23.3 Å². The number of hydrogen-bond donors (Lipinski definition) is 2. The quantitative estimate of drug-likeness (QED) is 0.772. The molecule has 3 aromatic heterocycles. The average molecular weight is 310 g/mol. The molecule has 0 spiro atoms. The number of nitrogens with zero attached hydrogens (tertiary/aromatic N) is 4. The summed E-state index contributed by atoms with van der Waals surface area (Å²) < 4.78 is 1.72. The molecule has 118 valence electrons. The van der Waals surface area contributed by atoms with Crippen LogP contribution in [-0.4, -0.2) is 32.3 Å². The van der Waals surface area contributed by atoms with Crippen LogP contribution in [0, 0.1) is 6.92 Å². The molecule has 0 radical (unpaired) electrons. The molecule has 7 nitrogen and oxygen atoms in total. The van der Waals surface area contributed by atoms with Gasteiger partial charge in [-0.2, -0.15) is 5.10 Å². The third kappa shape index (κ3) is 3.45. The van der Waals surface area contributed by atoms with Crippen molar-refractivity contribution < 1.29 is 4.79 Å². The van der Waals surface area contributed by atoms with Crippen LogP contribution in [0.25, 0.3) is 11.0 Å². The molecule has 0 aromatic carbocycles. The van der Waals surface area contributed by atoms with Crippen LogP contribution >= 0.6 is 0 Å². The standard InChI is InChI=1S/C16H18N6O/c1-11-14-8-13(10-19-15(14)22(2)21-11)20-16(23)18-7-5-12-4-3-6-17-9-12/h3-4,6,8-10H,5,7H2,1-2H3,(H2,18,20,23). The Morgan fingerprint density at radius 1 is 1.35 bits per heavy atom. The number of hydrogen-bond acceptors (Lipinski definition) is 4. The van der Waals surface area contributed by atoms with Crippen molar-refractivity contribution in [3.8, 4) is 0 Å². The topological polar surface area (TPSA) is 84.7 Å². The van der Waals surface area contributed by atoms with Gasteiger partial charge < -0.3 is 10.6 Å². The first-order valence-corrected chi connectivity index (χ1v) is 7.36. The zero-order chi connectivity index (χ0) is 16.2. The van der Waals surface area contributed by atoms with Gasteiger partial charge in [0.1, 0.15) is 0 Å². The predicted octanol–water partition coefficient (Wildman–Crippen LogP) is 2.04. The molecule has 2 amide bonds. The van der Waals surface area contributed by atoms with Gasteiger partial charge in [-0.1, -0.05) is 6.07 Å². The van der Waals surface area contributed by atoms with Gasteiger partial charge in [-0.05, 0) is 31.0 Å². The number of aromatic nitrogens is 4. The number of aryl methyl sites for hydroxylation is 2. The first-order valence-electron chi connectivity index (χ1n) is 7.36. The summed E-state index contributed by atoms with van der Waals surface area (Å²) in [4.78, 5) is 20.3. The normalized spacial score (nSPS) is 10.7. The first-order chi connectivity index (χ1) is 11.1. The van der Waals surface area contributed by atoms with E-state index in [2.05, 4.69) is 25.7 Å². The lowest BCUT2D eigenvalue weighted by atomic mass is 10.2. The molecular weight excluding hydrogens is 292 g/mol. The summed E-state index contributed by atoms with van der Waals surface area (Å²) >= 11 is 0. The smallest absolute Gasteiger partial charge is 0.319 e. The summed E-state index contributed by atoms with van der Waals surface area (Å²) in [7, 11) is 1.85. The minimum atomic E-state index is -0.253. The number of amides is 2. The molecule has 3 aromatic rings. The highest BCUT2D eigenvalue weighted by Crippen LogP contribution is 2.19. The molecule has 0 saturated carbocycles. The van der Waals surface area contributed by atoms with Crippen molar-refractivity contribution in [2.45, 2.75) is 13.3 Å². The van der Waals surface area contributed by atoms with Gasteiger partial charge in [0.05, 0.1) is 17.6 Å². The second-order valence-corrected chi connectivity index (χ2v) is 5.30. The third-order valence-corrected chi connectivity index (χ3v) is 3.54. The zero-order valence-electron chi connectivity index (χ0n) is 13.1. The van der Waals surface area contributed by atoms with Crippen molar-refractivity contribution in [1.29, 1.82) is 0 Å². The highest BCUT2D eigenvalue weighted by Gasteiger charge is 2.08. The van der Waals surface area contributed by atoms with Gasteiger partial charge in [0.25, 0.3) is 0 Å². The van der Waals surface area contributed by atoms with Gasteiger partial charge in [0.2, 0.25) is 0 Å². The SMILES string of the molecule is Cc1nn(C)c2ncc(NC(=O)NCCc3cccnc3)cc12. The van der Waals surface area contributed by atoms with E-state index in [0.717, 1.165) is 28.7 Å². The summed E-state index contributed by atoms with van der Waals surface area (Å²) in [6.07, 6.45) is 5.89. The van der Waals surface area contributed by atoms with Crippen LogP contribution in [0.15, 0.2) is 36.8 Å². The van der Waals surface area contributed by atoms with Gasteiger partial charge in [0.15, 0.2) is 5.65 Å². The molecule has 0 aliphatic carbocycles. The molecule has 0 unspecified atom stereocenters. The van der Waals surface area contributed by atoms with Gasteiger partial charge >= 0.3 is 6.03 Å². The van der Waals surface area contributed by atoms with Crippen LogP contribution in [0.2, 0.25) is 0 Å². The number of urea groups is 1. The van der Waals surface area contributed by atoms with E-state index < -0.39 is 0 Å². The molecule has 2 N–H and O–H groups in total. The molecule has 23 heavy (non-hydrogen) atoms. The lowest BCUT2D eigenvalue weighted by molar-refractivity contribution is 0.252. The fourth-order valence-corrected chi connectivity index (χ4v) is 2.42. The Labute approximate surface area is 133 Å². The molecule has 0 bridgehead atoms. The number of carbonyl (C=O) groups is 1. The zero-order valence-corrected chi connectivity index (χ0v) is 13.1. The second kappa shape index (κ2) is 6.43. The summed E-state index contributed by atoms with van der Waals surface area (Å²) in [5, 5.41) is 10.9. The van der Waals surface area contributed by atoms with Crippen LogP contribution < -0.4 is 10.6 Å². The lowest BCUT2D eigenvalue weighted by Crippen LogP contribution is -2.30. The Hall–Kier alpha value is -2.96. The summed E-state index contributed by atoms with van der Waals surface area (Å²) in [5.41, 5.74) is 3.41. The maximum Gasteiger partial charge on any atom is 0.319 e. The fourth-order valence-electron chi connectivity index (χ4n) is 2.42. The van der Waals surface area contributed by atoms with Crippen molar-refractivity contribution in [2.75, 3.05) is 11.9 Å². The Bertz CT molecular complexity index is 827. The van der Waals surface area contributed by atoms with Gasteiger partial charge in [-0.15, -0.1) is 0 Å². The molecule has 3 rings (SSSR count). The minimum Gasteiger partial charge on any atom is -0.338 e. The largest absolute Gasteiger partial charge is 0.338 e. The number of anilines is 1. The fraction of sp³-hybridized carbons (Fsp3) is 0.250. The van der Waals surface area contributed by atoms with E-state index in [4.69, 9.17) is 0 Å². The predicted molar refractivity (Wildman–Crippen MR) is 88.2 cm³/mol. The number of rotatable bonds is 4. The Balaban J connectivity index is 1.58. The molecule has 3 heterocycles. The minimum absolute atomic E-state index is 0.253. The number of fused-ring (bicyclic) bond motifs is 1. The maximum atomic E-state index is 11.9. The van der Waals surface area contributed by atoms with E-state index in [0.29, 0.717) is 12.2 Å². The highest BCUT2D eigenvalue weighted by molar-refractivity contribution is 5.92. The number of carbonyl (C=O) groups excluding carboxylic acids is 1.